The van der Waals surface area contributed by atoms with Crippen LogP contribution in [-0.4, -0.2) is 13.1 Å². The highest BCUT2D eigenvalue weighted by atomic mass is 19.1. The Morgan fingerprint density at radius 2 is 1.81 bits per heavy atom. The Labute approximate surface area is 122 Å². The molecule has 0 heterocycles. The first-order valence-electron chi connectivity index (χ1n) is 6.44. The third-order valence-electron chi connectivity index (χ3n) is 3.24. The predicted octanol–water partition coefficient (Wildman–Crippen LogP) is 3.55. The highest BCUT2D eigenvalue weighted by Gasteiger charge is 2.13. The summed E-state index contributed by atoms with van der Waals surface area (Å²) in [5, 5.41) is 3.13. The van der Waals surface area contributed by atoms with Crippen LogP contribution < -0.4 is 11.1 Å². The Morgan fingerprint density at radius 1 is 1.14 bits per heavy atom. The van der Waals surface area contributed by atoms with Crippen molar-refractivity contribution in [2.75, 3.05) is 18.2 Å². The highest BCUT2D eigenvalue weighted by molar-refractivity contribution is 5.97. The van der Waals surface area contributed by atoms with Crippen molar-refractivity contribution >= 4 is 23.0 Å². The van der Waals surface area contributed by atoms with E-state index in [4.69, 9.17) is 10.5 Å². The van der Waals surface area contributed by atoms with Crippen LogP contribution in [0.3, 0.4) is 0 Å². The number of carbonyl (C=O) groups excluding carboxylic acids is 1. The van der Waals surface area contributed by atoms with Gasteiger partial charge in [-0.2, -0.15) is 0 Å². The fourth-order valence-corrected chi connectivity index (χ4v) is 2.04. The number of hydrogen-bond donors (Lipinski definition) is 2. The molecule has 3 N–H and O–H groups in total. The van der Waals surface area contributed by atoms with E-state index in [0.717, 1.165) is 11.3 Å². The van der Waals surface area contributed by atoms with Crippen LogP contribution in [0.4, 0.5) is 21.5 Å². The van der Waals surface area contributed by atoms with Gasteiger partial charge >= 0.3 is 5.97 Å². The molecule has 4 nitrogen and oxygen atoms in total. The molecule has 0 saturated heterocycles. The number of halogens is 1. The zero-order valence-electron chi connectivity index (χ0n) is 12.2. The summed E-state index contributed by atoms with van der Waals surface area (Å²) < 4.78 is 18.0. The number of methoxy groups -OCH3 is 1. The van der Waals surface area contributed by atoms with Gasteiger partial charge in [0.15, 0.2) is 0 Å². The number of nitrogens with one attached hydrogen (secondary N) is 1. The predicted molar refractivity (Wildman–Crippen MR) is 81.4 cm³/mol. The Kier molecular flexibility index (Phi) is 4.12. The van der Waals surface area contributed by atoms with Gasteiger partial charge < -0.3 is 15.8 Å². The molecule has 0 aromatic heterocycles. The van der Waals surface area contributed by atoms with E-state index in [1.807, 2.05) is 13.0 Å². The number of anilines is 3. The van der Waals surface area contributed by atoms with Crippen molar-refractivity contribution in [1.29, 1.82) is 0 Å². The summed E-state index contributed by atoms with van der Waals surface area (Å²) in [6, 6.07) is 8.15. The average molecular weight is 288 g/mol. The molecule has 0 unspecified atom stereocenters. The summed E-state index contributed by atoms with van der Waals surface area (Å²) in [7, 11) is 1.31. The smallest absolute Gasteiger partial charge is 0.340 e. The summed E-state index contributed by atoms with van der Waals surface area (Å²) >= 11 is 0. The summed E-state index contributed by atoms with van der Waals surface area (Å²) in [5.41, 5.74) is 9.31. The molecule has 110 valence electrons. The molecule has 0 fully saturated rings. The lowest BCUT2D eigenvalue weighted by atomic mass is 10.1. The molecule has 5 heteroatoms. The monoisotopic (exact) mass is 288 g/mol. The van der Waals surface area contributed by atoms with E-state index < -0.39 is 5.97 Å². The number of carbonyl (C=O) groups is 1. The van der Waals surface area contributed by atoms with Crippen LogP contribution in [0.1, 0.15) is 21.5 Å². The second-order valence-corrected chi connectivity index (χ2v) is 4.83. The van der Waals surface area contributed by atoms with E-state index in [-0.39, 0.29) is 5.82 Å². The lowest BCUT2D eigenvalue weighted by Crippen LogP contribution is -2.08. The van der Waals surface area contributed by atoms with Crippen molar-refractivity contribution < 1.29 is 13.9 Å². The molecule has 0 saturated carbocycles. The van der Waals surface area contributed by atoms with Gasteiger partial charge in [-0.15, -0.1) is 0 Å². The lowest BCUT2D eigenvalue weighted by Gasteiger charge is -2.13. The van der Waals surface area contributed by atoms with Crippen molar-refractivity contribution in [3.05, 3.63) is 52.8 Å². The van der Waals surface area contributed by atoms with Gasteiger partial charge in [0.2, 0.25) is 0 Å². The third-order valence-corrected chi connectivity index (χ3v) is 3.24. The molecule has 2 aromatic rings. The number of aryl methyl sites for hydroxylation is 2. The van der Waals surface area contributed by atoms with Gasteiger partial charge in [0.05, 0.1) is 12.7 Å². The zero-order chi connectivity index (χ0) is 15.6. The van der Waals surface area contributed by atoms with Gasteiger partial charge in [-0.25, -0.2) is 9.18 Å². The average Bonchev–Trinajstić information content (AvgIpc) is 2.45. The number of hydrogen-bond acceptors (Lipinski definition) is 4. The highest BCUT2D eigenvalue weighted by Crippen LogP contribution is 2.26. The zero-order valence-corrected chi connectivity index (χ0v) is 12.2. The molecule has 0 aliphatic rings. The molecule has 0 aliphatic heterocycles. The third kappa shape index (κ3) is 3.13. The van der Waals surface area contributed by atoms with Crippen molar-refractivity contribution in [3.8, 4) is 0 Å². The first-order chi connectivity index (χ1) is 9.92. The van der Waals surface area contributed by atoms with Crippen LogP contribution in [0.25, 0.3) is 0 Å². The summed E-state index contributed by atoms with van der Waals surface area (Å²) in [6.45, 7) is 3.50. The molecule has 0 radical (unpaired) electrons. The summed E-state index contributed by atoms with van der Waals surface area (Å²) in [5.74, 6) is -0.751. The second-order valence-electron chi connectivity index (χ2n) is 4.83. The number of rotatable bonds is 3. The van der Waals surface area contributed by atoms with Crippen LogP contribution in [0, 0.1) is 19.7 Å². The second kappa shape index (κ2) is 5.83. The normalized spacial score (nSPS) is 10.3. The Bertz CT molecular complexity index is 699. The number of benzene rings is 2. The largest absolute Gasteiger partial charge is 0.465 e. The van der Waals surface area contributed by atoms with Crippen LogP contribution in [0.15, 0.2) is 30.3 Å². The topological polar surface area (TPSA) is 64.3 Å². The fraction of sp³-hybridized carbons (Fsp3) is 0.188. The van der Waals surface area contributed by atoms with Crippen LogP contribution in [-0.2, 0) is 4.74 Å². The maximum atomic E-state index is 13.3. The molecular weight excluding hydrogens is 271 g/mol. The maximum absolute atomic E-state index is 13.3. The van der Waals surface area contributed by atoms with E-state index in [9.17, 15) is 9.18 Å². The maximum Gasteiger partial charge on any atom is 0.340 e. The Balaban J connectivity index is 2.38. The van der Waals surface area contributed by atoms with E-state index in [2.05, 4.69) is 5.32 Å². The molecule has 21 heavy (non-hydrogen) atoms. The fourth-order valence-electron chi connectivity index (χ4n) is 2.04. The van der Waals surface area contributed by atoms with Crippen LogP contribution in [0.2, 0.25) is 0 Å². The van der Waals surface area contributed by atoms with Crippen molar-refractivity contribution in [2.24, 2.45) is 0 Å². The molecule has 0 aliphatic carbocycles. The number of esters is 1. The minimum Gasteiger partial charge on any atom is -0.465 e. The van der Waals surface area contributed by atoms with Gasteiger partial charge in [0.1, 0.15) is 5.82 Å². The molecule has 0 spiro atoms. The Hall–Kier alpha value is -2.56. The summed E-state index contributed by atoms with van der Waals surface area (Å²) in [4.78, 5) is 11.7. The quantitative estimate of drug-likeness (QED) is 0.669. The van der Waals surface area contributed by atoms with Gasteiger partial charge in [0, 0.05) is 17.1 Å². The van der Waals surface area contributed by atoms with Gasteiger partial charge in [-0.1, -0.05) is 0 Å². The number of nitrogen functional groups attached to an aromatic ring is 1. The van der Waals surface area contributed by atoms with Gasteiger partial charge in [0.25, 0.3) is 0 Å². The lowest BCUT2D eigenvalue weighted by molar-refractivity contribution is 0.0602. The van der Waals surface area contributed by atoms with E-state index >= 15 is 0 Å². The molecule has 0 atom stereocenters. The van der Waals surface area contributed by atoms with Crippen molar-refractivity contribution in [3.63, 3.8) is 0 Å². The minimum absolute atomic E-state index is 0.260. The number of ether oxygens (including phenoxy) is 1. The molecule has 2 aromatic carbocycles. The SMILES string of the molecule is COC(=O)c1cc(Nc2ccc(F)c(C)c2)cc(C)c1N. The minimum atomic E-state index is -0.491. The Morgan fingerprint density at radius 3 is 2.43 bits per heavy atom. The van der Waals surface area contributed by atoms with Gasteiger partial charge in [-0.3, -0.25) is 0 Å². The molecule has 0 amide bonds. The molecular formula is C16H17FN2O2. The van der Waals surface area contributed by atoms with Crippen LogP contribution in [0.5, 0.6) is 0 Å². The van der Waals surface area contributed by atoms with Crippen LogP contribution >= 0.6 is 0 Å². The van der Waals surface area contributed by atoms with E-state index in [1.54, 1.807) is 25.1 Å². The number of nitrogens with two attached hydrogens (primary N) is 1. The first kappa shape index (κ1) is 14.8. The van der Waals surface area contributed by atoms with Crippen molar-refractivity contribution in [1.82, 2.24) is 0 Å². The molecule has 0 bridgehead atoms. The van der Waals surface area contributed by atoms with E-state index in [0.29, 0.717) is 22.5 Å². The first-order valence-corrected chi connectivity index (χ1v) is 6.44. The van der Waals surface area contributed by atoms with E-state index in [1.165, 1.54) is 13.2 Å². The van der Waals surface area contributed by atoms with Gasteiger partial charge in [-0.05, 0) is 55.3 Å². The standard InChI is InChI=1S/C16H17FN2O2/c1-9-6-11(4-5-14(9)17)19-12-7-10(2)15(18)13(8-12)16(20)21-3/h4-8,19H,18H2,1-3H3. The molecule has 2 rings (SSSR count). The summed E-state index contributed by atoms with van der Waals surface area (Å²) in [6.07, 6.45) is 0. The van der Waals surface area contributed by atoms with Crippen molar-refractivity contribution in [2.45, 2.75) is 13.8 Å².